The van der Waals surface area contributed by atoms with Gasteiger partial charge in [-0.2, -0.15) is 5.06 Å². The van der Waals surface area contributed by atoms with Crippen LogP contribution in [0.15, 0.2) is 36.0 Å². The first-order chi connectivity index (χ1) is 14.5. The molecule has 0 spiro atoms. The molecule has 3 fully saturated rings. The smallest absolute Gasteiger partial charge is 0.327 e. The highest BCUT2D eigenvalue weighted by atomic mass is 16.5. The molecule has 7 atom stereocenters. The Labute approximate surface area is 180 Å². The van der Waals surface area contributed by atoms with Crippen LogP contribution in [-0.4, -0.2) is 34.4 Å². The van der Waals surface area contributed by atoms with E-state index in [-0.39, 0.29) is 10.8 Å². The average Bonchev–Trinajstić information content (AvgIpc) is 3.34. The average molecular weight is 412 g/mol. The molecule has 0 bridgehead atoms. The number of rotatable bonds is 4. The van der Waals surface area contributed by atoms with Gasteiger partial charge < -0.3 is 10.3 Å². The number of carboxylic acids is 1. The molecule has 2 N–H and O–H groups in total. The Morgan fingerprint density at radius 1 is 1.23 bits per heavy atom. The van der Waals surface area contributed by atoms with Crippen molar-refractivity contribution in [3.05, 3.63) is 36.0 Å². The lowest BCUT2D eigenvalue weighted by Crippen LogP contribution is -2.52. The largest absolute Gasteiger partial charge is 0.478 e. The minimum atomic E-state index is -0.837. The summed E-state index contributed by atoms with van der Waals surface area (Å²) in [4.78, 5) is 11.6. The Kier molecular flexibility index (Phi) is 5.22. The third-order valence-corrected chi connectivity index (χ3v) is 10.1. The van der Waals surface area contributed by atoms with E-state index in [1.165, 1.54) is 49.7 Å². The van der Waals surface area contributed by atoms with Crippen molar-refractivity contribution in [1.82, 2.24) is 5.06 Å². The Morgan fingerprint density at radius 2 is 2.10 bits per heavy atom. The molecule has 4 aliphatic carbocycles. The van der Waals surface area contributed by atoms with Crippen molar-refractivity contribution in [3.8, 4) is 0 Å². The molecule has 0 aromatic carbocycles. The van der Waals surface area contributed by atoms with Crippen LogP contribution in [0.25, 0.3) is 0 Å². The van der Waals surface area contributed by atoms with Crippen LogP contribution in [-0.2, 0) is 4.79 Å². The Morgan fingerprint density at radius 3 is 2.83 bits per heavy atom. The Balaban J connectivity index is 1.54. The van der Waals surface area contributed by atoms with Crippen molar-refractivity contribution < 1.29 is 15.1 Å². The van der Waals surface area contributed by atoms with Gasteiger partial charge in [-0.1, -0.05) is 31.2 Å². The summed E-state index contributed by atoms with van der Waals surface area (Å²) in [6.07, 6.45) is 21.4. The van der Waals surface area contributed by atoms with Gasteiger partial charge in [0.1, 0.15) is 0 Å². The molecule has 4 heteroatoms. The molecule has 164 valence electrons. The van der Waals surface area contributed by atoms with Crippen molar-refractivity contribution in [3.63, 3.8) is 0 Å². The van der Waals surface area contributed by atoms with E-state index in [0.29, 0.717) is 24.9 Å². The summed E-state index contributed by atoms with van der Waals surface area (Å²) in [6.45, 7) is 3.75. The van der Waals surface area contributed by atoms with Gasteiger partial charge in [0.2, 0.25) is 0 Å². The first-order valence-corrected chi connectivity index (χ1v) is 12.2. The van der Waals surface area contributed by atoms with Gasteiger partial charge in [-0.3, -0.25) is 0 Å². The highest BCUT2D eigenvalue weighted by Crippen LogP contribution is 2.72. The number of carboxylic acid groups (broad SMARTS) is 1. The molecule has 0 aromatic heterocycles. The van der Waals surface area contributed by atoms with Crippen molar-refractivity contribution in [2.45, 2.75) is 64.7 Å². The SMILES string of the molecule is CC[C@]12CC[C@H]3[C@@H](CC=C4C=CCC[C@@H]43)[C@@H]1CC[C@]2(/C=C\C(=O)O)[C@H]1CCN(O)C1. The fraction of sp³-hybridized carbons (Fsp3) is 0.731. The predicted molar refractivity (Wildman–Crippen MR) is 117 cm³/mol. The maximum absolute atomic E-state index is 11.6. The number of hydrogen-bond donors (Lipinski definition) is 2. The third kappa shape index (κ3) is 2.90. The van der Waals surface area contributed by atoms with Crippen molar-refractivity contribution in [2.75, 3.05) is 13.1 Å². The van der Waals surface area contributed by atoms with Crippen LogP contribution in [0.2, 0.25) is 0 Å². The van der Waals surface area contributed by atoms with E-state index in [1.54, 1.807) is 5.57 Å². The molecule has 1 aliphatic heterocycles. The molecule has 1 heterocycles. The normalized spacial score (nSPS) is 45.8. The second-order valence-corrected chi connectivity index (χ2v) is 10.7. The van der Waals surface area contributed by atoms with Gasteiger partial charge >= 0.3 is 5.97 Å². The fourth-order valence-corrected chi connectivity index (χ4v) is 8.97. The lowest BCUT2D eigenvalue weighted by atomic mass is 9.46. The fourth-order valence-electron chi connectivity index (χ4n) is 8.97. The number of aliphatic carboxylic acids is 1. The van der Waals surface area contributed by atoms with E-state index in [2.05, 4.69) is 31.2 Å². The van der Waals surface area contributed by atoms with Crippen molar-refractivity contribution in [2.24, 2.45) is 40.4 Å². The molecule has 30 heavy (non-hydrogen) atoms. The zero-order chi connectivity index (χ0) is 20.9. The molecule has 5 aliphatic rings. The summed E-state index contributed by atoms with van der Waals surface area (Å²) in [5.74, 6) is 2.48. The molecule has 0 amide bonds. The number of carbonyl (C=O) groups is 1. The van der Waals surface area contributed by atoms with Crippen molar-refractivity contribution >= 4 is 5.97 Å². The van der Waals surface area contributed by atoms with Gasteiger partial charge in [0, 0.05) is 19.2 Å². The molecule has 5 rings (SSSR count). The number of fused-ring (bicyclic) bond motifs is 5. The van der Waals surface area contributed by atoms with E-state index in [0.717, 1.165) is 37.0 Å². The summed E-state index contributed by atoms with van der Waals surface area (Å²) in [7, 11) is 0. The second kappa shape index (κ2) is 7.63. The topological polar surface area (TPSA) is 60.8 Å². The summed E-state index contributed by atoms with van der Waals surface area (Å²) < 4.78 is 0. The van der Waals surface area contributed by atoms with Gasteiger partial charge in [-0.25, -0.2) is 4.79 Å². The lowest BCUT2D eigenvalue weighted by molar-refractivity contribution is -0.131. The number of hydrogen-bond acceptors (Lipinski definition) is 3. The highest BCUT2D eigenvalue weighted by molar-refractivity contribution is 5.80. The van der Waals surface area contributed by atoms with Crippen LogP contribution >= 0.6 is 0 Å². The number of nitrogens with zero attached hydrogens (tertiary/aromatic N) is 1. The lowest BCUT2D eigenvalue weighted by Gasteiger charge is -2.58. The number of hydroxylamine groups is 2. The molecule has 0 unspecified atom stereocenters. The van der Waals surface area contributed by atoms with Crippen LogP contribution in [0.4, 0.5) is 0 Å². The van der Waals surface area contributed by atoms with Crippen LogP contribution < -0.4 is 0 Å². The highest BCUT2D eigenvalue weighted by Gasteiger charge is 2.65. The van der Waals surface area contributed by atoms with E-state index in [9.17, 15) is 15.1 Å². The minimum Gasteiger partial charge on any atom is -0.478 e. The maximum atomic E-state index is 11.6. The predicted octanol–water partition coefficient (Wildman–Crippen LogP) is 5.45. The molecule has 2 saturated carbocycles. The summed E-state index contributed by atoms with van der Waals surface area (Å²) in [5, 5.41) is 21.2. The van der Waals surface area contributed by atoms with Crippen LogP contribution in [0, 0.1) is 40.4 Å². The van der Waals surface area contributed by atoms with E-state index in [4.69, 9.17) is 0 Å². The maximum Gasteiger partial charge on any atom is 0.327 e. The van der Waals surface area contributed by atoms with Gasteiger partial charge in [-0.05, 0) is 104 Å². The summed E-state index contributed by atoms with van der Waals surface area (Å²) >= 11 is 0. The van der Waals surface area contributed by atoms with Crippen LogP contribution in [0.3, 0.4) is 0 Å². The second-order valence-electron chi connectivity index (χ2n) is 10.7. The van der Waals surface area contributed by atoms with Gasteiger partial charge in [-0.15, -0.1) is 0 Å². The molecule has 1 saturated heterocycles. The Hall–Kier alpha value is -1.39. The van der Waals surface area contributed by atoms with E-state index < -0.39 is 5.97 Å². The van der Waals surface area contributed by atoms with E-state index >= 15 is 0 Å². The zero-order valence-corrected chi connectivity index (χ0v) is 18.3. The number of allylic oxidation sites excluding steroid dienone is 5. The third-order valence-electron chi connectivity index (χ3n) is 10.1. The summed E-state index contributed by atoms with van der Waals surface area (Å²) in [6, 6.07) is 0. The zero-order valence-electron chi connectivity index (χ0n) is 18.3. The van der Waals surface area contributed by atoms with Gasteiger partial charge in [0.15, 0.2) is 0 Å². The molecule has 0 aromatic rings. The molecule has 0 radical (unpaired) electrons. The van der Waals surface area contributed by atoms with Crippen LogP contribution in [0.1, 0.15) is 64.7 Å². The standard InChI is InChI=1S/C26H37NO3/c1-2-25-13-9-21-20-6-4-3-5-18(20)7-8-22(21)23(25)10-14-26(25,15-11-24(28)29)19-12-16-27(30)17-19/h3,5,7,11,15,19-23,30H,2,4,6,8-10,12-14,16-17H2,1H3,(H,28,29)/b15-11-/t19-,20-,21+,22+,23-,25-,26-/m0/s1. The minimum absolute atomic E-state index is 0.0935. The molecule has 4 nitrogen and oxygen atoms in total. The first-order valence-electron chi connectivity index (χ1n) is 12.2. The van der Waals surface area contributed by atoms with E-state index in [1.807, 2.05) is 0 Å². The van der Waals surface area contributed by atoms with Crippen LogP contribution in [0.5, 0.6) is 0 Å². The monoisotopic (exact) mass is 411 g/mol. The first kappa shape index (κ1) is 20.5. The van der Waals surface area contributed by atoms with Gasteiger partial charge in [0.05, 0.1) is 0 Å². The van der Waals surface area contributed by atoms with Crippen molar-refractivity contribution in [1.29, 1.82) is 0 Å². The quantitative estimate of drug-likeness (QED) is 0.604. The molecular weight excluding hydrogens is 374 g/mol. The summed E-state index contributed by atoms with van der Waals surface area (Å²) in [5.41, 5.74) is 1.67. The van der Waals surface area contributed by atoms with Gasteiger partial charge in [0.25, 0.3) is 0 Å². The molecular formula is C26H37NO3. The Bertz CT molecular complexity index is 785.